The highest BCUT2D eigenvalue weighted by molar-refractivity contribution is 5.79. The molecule has 4 rings (SSSR count). The van der Waals surface area contributed by atoms with Crippen LogP contribution in [-0.4, -0.2) is 58.8 Å². The smallest absolute Gasteiger partial charge is 0.227 e. The molecule has 1 saturated heterocycles. The second kappa shape index (κ2) is 10.0. The second-order valence-corrected chi connectivity index (χ2v) is 8.71. The van der Waals surface area contributed by atoms with Crippen LogP contribution in [-0.2, 0) is 17.8 Å². The van der Waals surface area contributed by atoms with Gasteiger partial charge < -0.3 is 10.2 Å². The van der Waals surface area contributed by atoms with Crippen molar-refractivity contribution in [1.82, 2.24) is 19.8 Å². The van der Waals surface area contributed by atoms with Crippen LogP contribution in [0.15, 0.2) is 54.7 Å². The Morgan fingerprint density at radius 2 is 1.78 bits per heavy atom. The topological polar surface area (TPSA) is 61.4 Å². The largest absolute Gasteiger partial charge is 0.324 e. The maximum absolute atomic E-state index is 11.5. The Hall–Kier alpha value is -3.09. The molecule has 1 aliphatic rings. The molecule has 1 N–H and O–H groups in total. The number of ketones is 1. The van der Waals surface area contributed by atoms with Crippen LogP contribution in [0.5, 0.6) is 0 Å². The fraction of sp³-hybridized carbons (Fsp3) is 0.346. The molecule has 1 fully saturated rings. The molecule has 0 amide bonds. The van der Waals surface area contributed by atoms with E-state index in [2.05, 4.69) is 51.4 Å². The van der Waals surface area contributed by atoms with Crippen LogP contribution in [0.25, 0.3) is 11.3 Å². The predicted octanol–water partition coefficient (Wildman–Crippen LogP) is 4.07. The molecule has 0 spiro atoms. The lowest BCUT2D eigenvalue weighted by Crippen LogP contribution is -2.43. The van der Waals surface area contributed by atoms with Gasteiger partial charge >= 0.3 is 0 Å². The lowest BCUT2D eigenvalue weighted by Gasteiger charge is -2.32. The van der Waals surface area contributed by atoms with Gasteiger partial charge in [0, 0.05) is 56.6 Å². The minimum atomic E-state index is 0.153. The van der Waals surface area contributed by atoms with E-state index in [1.807, 2.05) is 37.4 Å². The number of benzene rings is 2. The Labute approximate surface area is 190 Å². The van der Waals surface area contributed by atoms with E-state index in [1.165, 1.54) is 5.56 Å². The van der Waals surface area contributed by atoms with Crippen LogP contribution in [0.1, 0.15) is 23.6 Å². The van der Waals surface area contributed by atoms with Crippen molar-refractivity contribution in [3.63, 3.8) is 0 Å². The summed E-state index contributed by atoms with van der Waals surface area (Å²) in [7, 11) is 2.18. The number of hydrogen-bond acceptors (Lipinski definition) is 6. The van der Waals surface area contributed by atoms with Gasteiger partial charge in [0.1, 0.15) is 5.78 Å². The molecule has 0 radical (unpaired) electrons. The number of hydrogen-bond donors (Lipinski definition) is 1. The van der Waals surface area contributed by atoms with Crippen LogP contribution in [0.4, 0.5) is 11.6 Å². The molecule has 1 aromatic heterocycles. The maximum Gasteiger partial charge on any atom is 0.227 e. The molecular formula is C26H31N5O. The Bertz CT molecular complexity index is 1070. The molecule has 6 nitrogen and oxygen atoms in total. The summed E-state index contributed by atoms with van der Waals surface area (Å²) < 4.78 is 0. The quantitative estimate of drug-likeness (QED) is 0.611. The fourth-order valence-corrected chi connectivity index (χ4v) is 4.00. The molecule has 0 bridgehead atoms. The Morgan fingerprint density at radius 3 is 2.50 bits per heavy atom. The van der Waals surface area contributed by atoms with E-state index < -0.39 is 0 Å². The Kier molecular flexibility index (Phi) is 6.93. The standard InChI is InChI=1S/C26H31N5O/c1-19-17-27-26(29-25(19)23-6-4-5-22(16-23)15-20(2)32)28-24-9-7-21(8-10-24)18-31-13-11-30(3)12-14-31/h4-10,16-17H,11-15,18H2,1-3H3,(H,27,28,29). The summed E-state index contributed by atoms with van der Waals surface area (Å²) in [5, 5.41) is 3.33. The van der Waals surface area contributed by atoms with Gasteiger partial charge in [-0.2, -0.15) is 0 Å². The normalized spacial score (nSPS) is 15.0. The van der Waals surface area contributed by atoms with Gasteiger partial charge in [0.05, 0.1) is 5.69 Å². The van der Waals surface area contributed by atoms with Gasteiger partial charge in [-0.05, 0) is 55.8 Å². The molecule has 2 heterocycles. The lowest BCUT2D eigenvalue weighted by molar-refractivity contribution is -0.116. The summed E-state index contributed by atoms with van der Waals surface area (Å²) in [6.45, 7) is 9.09. The summed E-state index contributed by atoms with van der Waals surface area (Å²) in [6.07, 6.45) is 2.27. The van der Waals surface area contributed by atoms with Gasteiger partial charge in [0.15, 0.2) is 0 Å². The molecule has 0 atom stereocenters. The van der Waals surface area contributed by atoms with Crippen molar-refractivity contribution in [3.8, 4) is 11.3 Å². The number of piperazine rings is 1. The van der Waals surface area contributed by atoms with Gasteiger partial charge in [-0.25, -0.2) is 9.97 Å². The number of likely N-dealkylation sites (N-methyl/N-ethyl adjacent to an activating group) is 1. The molecule has 166 valence electrons. The first-order chi connectivity index (χ1) is 15.5. The van der Waals surface area contributed by atoms with Crippen molar-refractivity contribution in [2.24, 2.45) is 0 Å². The van der Waals surface area contributed by atoms with E-state index in [4.69, 9.17) is 4.98 Å². The number of anilines is 2. The number of rotatable bonds is 7. The third kappa shape index (κ3) is 5.78. The van der Waals surface area contributed by atoms with Crippen molar-refractivity contribution >= 4 is 17.4 Å². The van der Waals surface area contributed by atoms with E-state index in [1.54, 1.807) is 6.92 Å². The summed E-state index contributed by atoms with van der Waals surface area (Å²) in [6, 6.07) is 16.5. The van der Waals surface area contributed by atoms with Crippen molar-refractivity contribution < 1.29 is 4.79 Å². The number of nitrogens with one attached hydrogen (secondary N) is 1. The molecule has 0 unspecified atom stereocenters. The molecule has 6 heteroatoms. The second-order valence-electron chi connectivity index (χ2n) is 8.71. The Balaban J connectivity index is 1.45. The molecule has 32 heavy (non-hydrogen) atoms. The summed E-state index contributed by atoms with van der Waals surface area (Å²) in [5.74, 6) is 0.717. The zero-order chi connectivity index (χ0) is 22.5. The van der Waals surface area contributed by atoms with Crippen LogP contribution in [0.3, 0.4) is 0 Å². The van der Waals surface area contributed by atoms with Crippen LogP contribution < -0.4 is 5.32 Å². The van der Waals surface area contributed by atoms with Crippen LogP contribution in [0, 0.1) is 6.92 Å². The minimum absolute atomic E-state index is 0.153. The first kappa shape index (κ1) is 22.1. The highest BCUT2D eigenvalue weighted by Gasteiger charge is 2.14. The maximum atomic E-state index is 11.5. The van der Waals surface area contributed by atoms with Gasteiger partial charge in [0.2, 0.25) is 5.95 Å². The van der Waals surface area contributed by atoms with E-state index in [-0.39, 0.29) is 5.78 Å². The van der Waals surface area contributed by atoms with E-state index in [9.17, 15) is 4.79 Å². The van der Waals surface area contributed by atoms with E-state index >= 15 is 0 Å². The molecule has 1 aliphatic heterocycles. The first-order valence-electron chi connectivity index (χ1n) is 11.2. The average Bonchev–Trinajstić information content (AvgIpc) is 2.78. The molecule has 0 saturated carbocycles. The van der Waals surface area contributed by atoms with Crippen LogP contribution >= 0.6 is 0 Å². The van der Waals surface area contributed by atoms with Gasteiger partial charge in [-0.1, -0.05) is 30.3 Å². The Morgan fingerprint density at radius 1 is 1.03 bits per heavy atom. The van der Waals surface area contributed by atoms with E-state index in [0.29, 0.717) is 12.4 Å². The zero-order valence-corrected chi connectivity index (χ0v) is 19.1. The van der Waals surface area contributed by atoms with Crippen molar-refractivity contribution in [1.29, 1.82) is 0 Å². The fourth-order valence-electron chi connectivity index (χ4n) is 4.00. The minimum Gasteiger partial charge on any atom is -0.324 e. The number of carbonyl (C=O) groups is 1. The number of aryl methyl sites for hydroxylation is 1. The van der Waals surface area contributed by atoms with Crippen molar-refractivity contribution in [2.75, 3.05) is 38.5 Å². The zero-order valence-electron chi connectivity index (χ0n) is 19.1. The third-order valence-electron chi connectivity index (χ3n) is 5.84. The first-order valence-corrected chi connectivity index (χ1v) is 11.2. The molecular weight excluding hydrogens is 398 g/mol. The number of carbonyl (C=O) groups excluding carboxylic acids is 1. The SMILES string of the molecule is CC(=O)Cc1cccc(-c2nc(Nc3ccc(CN4CCN(C)CC4)cc3)ncc2C)c1. The monoisotopic (exact) mass is 429 g/mol. The van der Waals surface area contributed by atoms with Gasteiger partial charge in [0.25, 0.3) is 0 Å². The number of Topliss-reactive ketones (excluding diaryl/α,β-unsaturated/α-hetero) is 1. The van der Waals surface area contributed by atoms with Crippen molar-refractivity contribution in [3.05, 3.63) is 71.4 Å². The highest BCUT2D eigenvalue weighted by Crippen LogP contribution is 2.24. The summed E-state index contributed by atoms with van der Waals surface area (Å²) >= 11 is 0. The van der Waals surface area contributed by atoms with Crippen LogP contribution in [0.2, 0.25) is 0 Å². The van der Waals surface area contributed by atoms with Gasteiger partial charge in [-0.3, -0.25) is 9.69 Å². The molecule has 3 aromatic rings. The summed E-state index contributed by atoms with van der Waals surface area (Å²) in [5.41, 5.74) is 6.14. The molecule has 0 aliphatic carbocycles. The average molecular weight is 430 g/mol. The number of nitrogens with zero attached hydrogens (tertiary/aromatic N) is 4. The van der Waals surface area contributed by atoms with Crippen molar-refractivity contribution in [2.45, 2.75) is 26.8 Å². The predicted molar refractivity (Wildman–Crippen MR) is 129 cm³/mol. The molecule has 2 aromatic carbocycles. The lowest BCUT2D eigenvalue weighted by atomic mass is 10.0. The highest BCUT2D eigenvalue weighted by atomic mass is 16.1. The summed E-state index contributed by atoms with van der Waals surface area (Å²) in [4.78, 5) is 25.6. The number of aromatic nitrogens is 2. The van der Waals surface area contributed by atoms with Gasteiger partial charge in [-0.15, -0.1) is 0 Å². The van der Waals surface area contributed by atoms with E-state index in [0.717, 1.165) is 60.8 Å². The third-order valence-corrected chi connectivity index (χ3v) is 5.84.